The van der Waals surface area contributed by atoms with Crippen molar-refractivity contribution in [3.8, 4) is 16.3 Å². The second kappa shape index (κ2) is 10.3. The fourth-order valence-corrected chi connectivity index (χ4v) is 4.58. The Bertz CT molecular complexity index is 1250. The summed E-state index contributed by atoms with van der Waals surface area (Å²) < 4.78 is 11.0. The largest absolute Gasteiger partial charge is 0.493 e. The lowest BCUT2D eigenvalue weighted by Gasteiger charge is -2.17. The highest BCUT2D eigenvalue weighted by atomic mass is 32.1. The molecule has 1 aliphatic rings. The molecule has 1 aromatic carbocycles. The Balaban J connectivity index is 1.36. The first-order valence-electron chi connectivity index (χ1n) is 11.3. The van der Waals surface area contributed by atoms with E-state index in [1.165, 1.54) is 11.3 Å². The number of rotatable bonds is 6. The Morgan fingerprint density at radius 3 is 2.80 bits per heavy atom. The number of nitrogens with one attached hydrogen (secondary N) is 1. The molecule has 0 spiro atoms. The van der Waals surface area contributed by atoms with Gasteiger partial charge in [-0.1, -0.05) is 6.07 Å². The third-order valence-corrected chi connectivity index (χ3v) is 6.42. The van der Waals surface area contributed by atoms with Crippen LogP contribution in [0.5, 0.6) is 5.75 Å². The fraction of sp³-hybridized carbons (Fsp3) is 0.308. The SMILES string of the molecule is CC(C)(C)OC(=O)N=C(N)c1ccc2c(c1)C(CCNC(=O)c1ccc(-c3ccccn3)s1)CO2. The number of carbonyl (C=O) groups excluding carboxylic acids is 2. The molecule has 2 amide bonds. The lowest BCUT2D eigenvalue weighted by atomic mass is 9.96. The van der Waals surface area contributed by atoms with Crippen LogP contribution in [-0.4, -0.2) is 41.6 Å². The zero-order valence-electron chi connectivity index (χ0n) is 19.9. The van der Waals surface area contributed by atoms with Gasteiger partial charge in [-0.3, -0.25) is 9.78 Å². The first-order chi connectivity index (χ1) is 16.7. The zero-order valence-corrected chi connectivity index (χ0v) is 20.7. The lowest BCUT2D eigenvalue weighted by molar-refractivity contribution is 0.0604. The van der Waals surface area contributed by atoms with Crippen LogP contribution in [0.2, 0.25) is 0 Å². The predicted molar refractivity (Wildman–Crippen MR) is 136 cm³/mol. The van der Waals surface area contributed by atoms with Crippen molar-refractivity contribution in [1.82, 2.24) is 10.3 Å². The van der Waals surface area contributed by atoms with E-state index in [9.17, 15) is 9.59 Å². The van der Waals surface area contributed by atoms with Crippen LogP contribution in [0.3, 0.4) is 0 Å². The van der Waals surface area contributed by atoms with Crippen molar-refractivity contribution in [2.75, 3.05) is 13.2 Å². The van der Waals surface area contributed by atoms with Gasteiger partial charge < -0.3 is 20.5 Å². The molecule has 2 aromatic heterocycles. The highest BCUT2D eigenvalue weighted by Crippen LogP contribution is 2.36. The molecule has 0 radical (unpaired) electrons. The lowest BCUT2D eigenvalue weighted by Crippen LogP contribution is -2.25. The maximum atomic E-state index is 12.6. The maximum Gasteiger partial charge on any atom is 0.436 e. The van der Waals surface area contributed by atoms with Gasteiger partial charge in [0.25, 0.3) is 5.91 Å². The molecule has 0 bridgehead atoms. The minimum absolute atomic E-state index is 0.0856. The Morgan fingerprint density at radius 1 is 1.23 bits per heavy atom. The number of aromatic nitrogens is 1. The second-order valence-electron chi connectivity index (χ2n) is 9.16. The van der Waals surface area contributed by atoms with Crippen LogP contribution in [-0.2, 0) is 4.74 Å². The number of thiophene rings is 1. The van der Waals surface area contributed by atoms with Crippen molar-refractivity contribution in [2.45, 2.75) is 38.7 Å². The number of amidine groups is 1. The van der Waals surface area contributed by atoms with Gasteiger partial charge in [0, 0.05) is 29.8 Å². The van der Waals surface area contributed by atoms with E-state index in [0.29, 0.717) is 30.0 Å². The van der Waals surface area contributed by atoms with Crippen molar-refractivity contribution in [2.24, 2.45) is 10.7 Å². The van der Waals surface area contributed by atoms with E-state index in [4.69, 9.17) is 15.2 Å². The standard InChI is InChI=1S/C26H28N4O4S/c1-26(2,3)34-25(32)30-23(27)16-7-8-20-18(14-16)17(15-33-20)11-13-29-24(31)22-10-9-21(35-22)19-6-4-5-12-28-19/h4-10,12,14,17H,11,13,15H2,1-3H3,(H,29,31)(H2,27,30,32). The summed E-state index contributed by atoms with van der Waals surface area (Å²) in [5.74, 6) is 0.835. The minimum atomic E-state index is -0.731. The van der Waals surface area contributed by atoms with Crippen molar-refractivity contribution in [1.29, 1.82) is 0 Å². The van der Waals surface area contributed by atoms with Gasteiger partial charge >= 0.3 is 6.09 Å². The molecule has 8 nitrogen and oxygen atoms in total. The van der Waals surface area contributed by atoms with Crippen LogP contribution < -0.4 is 15.8 Å². The van der Waals surface area contributed by atoms with Gasteiger partial charge in [0.2, 0.25) is 0 Å². The Kier molecular flexibility index (Phi) is 7.16. The summed E-state index contributed by atoms with van der Waals surface area (Å²) in [6, 6.07) is 14.9. The molecule has 1 atom stereocenters. The minimum Gasteiger partial charge on any atom is -0.493 e. The van der Waals surface area contributed by atoms with E-state index in [1.54, 1.807) is 33.0 Å². The van der Waals surface area contributed by atoms with E-state index >= 15 is 0 Å². The van der Waals surface area contributed by atoms with E-state index in [1.807, 2.05) is 42.5 Å². The zero-order chi connectivity index (χ0) is 25.0. The maximum absolute atomic E-state index is 12.6. The summed E-state index contributed by atoms with van der Waals surface area (Å²) in [6.45, 7) is 6.31. The van der Waals surface area contributed by atoms with Crippen LogP contribution in [0.1, 0.15) is 53.9 Å². The Morgan fingerprint density at radius 2 is 2.06 bits per heavy atom. The number of benzene rings is 1. The van der Waals surface area contributed by atoms with E-state index < -0.39 is 11.7 Å². The van der Waals surface area contributed by atoms with Gasteiger partial charge in [-0.05, 0) is 69.7 Å². The smallest absolute Gasteiger partial charge is 0.436 e. The topological polar surface area (TPSA) is 116 Å². The number of fused-ring (bicyclic) bond motifs is 1. The number of pyridine rings is 1. The van der Waals surface area contributed by atoms with Crippen molar-refractivity contribution in [3.05, 3.63) is 70.7 Å². The number of hydrogen-bond acceptors (Lipinski definition) is 6. The van der Waals surface area contributed by atoms with Crippen LogP contribution >= 0.6 is 11.3 Å². The van der Waals surface area contributed by atoms with Gasteiger partial charge in [0.15, 0.2) is 0 Å². The summed E-state index contributed by atoms with van der Waals surface area (Å²) in [5, 5.41) is 2.99. The van der Waals surface area contributed by atoms with Gasteiger partial charge in [-0.15, -0.1) is 11.3 Å². The summed E-state index contributed by atoms with van der Waals surface area (Å²) in [6.07, 6.45) is 1.70. The van der Waals surface area contributed by atoms with Crippen LogP contribution in [0.15, 0.2) is 59.7 Å². The Labute approximate surface area is 208 Å². The predicted octanol–water partition coefficient (Wildman–Crippen LogP) is 4.75. The number of hydrogen-bond donors (Lipinski definition) is 2. The average Bonchev–Trinajstić information content (AvgIpc) is 3.46. The summed E-state index contributed by atoms with van der Waals surface area (Å²) in [4.78, 5) is 34.4. The third-order valence-electron chi connectivity index (χ3n) is 5.32. The Hall–Kier alpha value is -3.72. The van der Waals surface area contributed by atoms with E-state index in [2.05, 4.69) is 15.3 Å². The fourth-order valence-electron chi connectivity index (χ4n) is 3.68. The molecule has 3 heterocycles. The second-order valence-corrected chi connectivity index (χ2v) is 10.2. The third kappa shape index (κ3) is 6.24. The summed E-state index contributed by atoms with van der Waals surface area (Å²) >= 11 is 1.41. The number of aliphatic imine (C=N–C) groups is 1. The quantitative estimate of drug-likeness (QED) is 0.379. The molecule has 0 fully saturated rings. The number of nitrogens with zero attached hydrogens (tertiary/aromatic N) is 2. The monoisotopic (exact) mass is 492 g/mol. The summed E-state index contributed by atoms with van der Waals surface area (Å²) in [7, 11) is 0. The van der Waals surface area contributed by atoms with Gasteiger partial charge in [0.05, 0.1) is 22.1 Å². The molecule has 0 aliphatic carbocycles. The van der Waals surface area contributed by atoms with Crippen molar-refractivity contribution in [3.63, 3.8) is 0 Å². The molecule has 0 saturated heterocycles. The van der Waals surface area contributed by atoms with Crippen molar-refractivity contribution >= 4 is 29.2 Å². The number of amides is 2. The number of carbonyl (C=O) groups is 2. The number of ether oxygens (including phenoxy) is 2. The van der Waals surface area contributed by atoms with Crippen molar-refractivity contribution < 1.29 is 19.1 Å². The highest BCUT2D eigenvalue weighted by Gasteiger charge is 2.25. The molecule has 35 heavy (non-hydrogen) atoms. The molecule has 4 rings (SSSR count). The van der Waals surface area contributed by atoms with E-state index in [-0.39, 0.29) is 17.7 Å². The van der Waals surface area contributed by atoms with Gasteiger partial charge in [-0.2, -0.15) is 4.99 Å². The molecule has 1 unspecified atom stereocenters. The number of nitrogens with two attached hydrogens (primary N) is 1. The van der Waals surface area contributed by atoms with Crippen LogP contribution in [0, 0.1) is 0 Å². The van der Waals surface area contributed by atoms with E-state index in [0.717, 1.165) is 21.9 Å². The van der Waals surface area contributed by atoms with Crippen LogP contribution in [0.25, 0.3) is 10.6 Å². The summed E-state index contributed by atoms with van der Waals surface area (Å²) in [5.41, 5.74) is 7.85. The van der Waals surface area contributed by atoms with Gasteiger partial charge in [-0.25, -0.2) is 4.79 Å². The molecular weight excluding hydrogens is 464 g/mol. The first-order valence-corrected chi connectivity index (χ1v) is 12.1. The average molecular weight is 493 g/mol. The molecule has 3 N–H and O–H groups in total. The molecule has 0 saturated carbocycles. The normalized spacial score (nSPS) is 15.3. The molecule has 1 aliphatic heterocycles. The molecule has 9 heteroatoms. The molecule has 3 aromatic rings. The van der Waals surface area contributed by atoms with Crippen LogP contribution in [0.4, 0.5) is 4.79 Å². The molecular formula is C26H28N4O4S. The first kappa shape index (κ1) is 24.4. The highest BCUT2D eigenvalue weighted by molar-refractivity contribution is 7.17. The molecule has 182 valence electrons. The van der Waals surface area contributed by atoms with Gasteiger partial charge in [0.1, 0.15) is 17.2 Å².